The Labute approximate surface area is 74.4 Å². The number of carbonyl (C=O) groups is 1. The molecule has 1 N–H and O–H groups in total. The maximum absolute atomic E-state index is 10.5. The topological polar surface area (TPSA) is 72.3 Å². The van der Waals surface area contributed by atoms with Gasteiger partial charge in [-0.05, 0) is 12.0 Å². The molecule has 0 saturated carbocycles. The van der Waals surface area contributed by atoms with Crippen molar-refractivity contribution >= 4 is 5.97 Å². The van der Waals surface area contributed by atoms with Crippen molar-refractivity contribution in [3.63, 3.8) is 0 Å². The molecule has 2 heterocycles. The summed E-state index contributed by atoms with van der Waals surface area (Å²) in [5, 5.41) is 8.62. The summed E-state index contributed by atoms with van der Waals surface area (Å²) in [6.45, 7) is 1.04. The number of nitrogens with zero attached hydrogens (tertiary/aromatic N) is 2. The van der Waals surface area contributed by atoms with Crippen LogP contribution in [0.25, 0.3) is 0 Å². The van der Waals surface area contributed by atoms with Gasteiger partial charge in [0, 0.05) is 6.20 Å². The third-order valence-electron chi connectivity index (χ3n) is 1.90. The van der Waals surface area contributed by atoms with Gasteiger partial charge in [-0.15, -0.1) is 0 Å². The van der Waals surface area contributed by atoms with Gasteiger partial charge < -0.3 is 9.84 Å². The van der Waals surface area contributed by atoms with Gasteiger partial charge >= 0.3 is 5.97 Å². The molecule has 0 saturated heterocycles. The monoisotopic (exact) mass is 180 g/mol. The maximum atomic E-state index is 10.5. The Morgan fingerprint density at radius 3 is 3.23 bits per heavy atom. The Bertz CT molecular complexity index is 351. The zero-order valence-electron chi connectivity index (χ0n) is 6.86. The molecule has 5 nitrogen and oxygen atoms in total. The van der Waals surface area contributed by atoms with Gasteiger partial charge in [0.25, 0.3) is 0 Å². The van der Waals surface area contributed by atoms with Crippen molar-refractivity contribution in [3.8, 4) is 0 Å². The lowest BCUT2D eigenvalue weighted by Gasteiger charge is -2.14. The van der Waals surface area contributed by atoms with Crippen LogP contribution < -0.4 is 0 Å². The molecule has 68 valence electrons. The molecule has 2 rings (SSSR count). The second-order valence-electron chi connectivity index (χ2n) is 2.77. The van der Waals surface area contributed by atoms with Crippen molar-refractivity contribution in [2.45, 2.75) is 13.0 Å². The van der Waals surface area contributed by atoms with E-state index < -0.39 is 5.97 Å². The first-order valence-electron chi connectivity index (χ1n) is 3.93. The van der Waals surface area contributed by atoms with E-state index >= 15 is 0 Å². The van der Waals surface area contributed by atoms with E-state index in [9.17, 15) is 4.79 Å². The number of aromatic carboxylic acids is 1. The largest absolute Gasteiger partial charge is 0.475 e. The van der Waals surface area contributed by atoms with Crippen molar-refractivity contribution in [1.82, 2.24) is 9.97 Å². The predicted octanol–water partition coefficient (Wildman–Crippen LogP) is 0.248. The van der Waals surface area contributed by atoms with Gasteiger partial charge in [0.1, 0.15) is 0 Å². The molecule has 0 unspecified atom stereocenters. The minimum atomic E-state index is -1.10. The molecule has 0 radical (unpaired) electrons. The van der Waals surface area contributed by atoms with Gasteiger partial charge in [0.15, 0.2) is 0 Å². The molecule has 0 aliphatic carbocycles. The summed E-state index contributed by atoms with van der Waals surface area (Å²) in [6, 6.07) is 0. The number of carboxylic acid groups (broad SMARTS) is 1. The Kier molecular flexibility index (Phi) is 1.94. The quantitative estimate of drug-likeness (QED) is 0.670. The number of carboxylic acids is 1. The van der Waals surface area contributed by atoms with Crippen LogP contribution in [-0.2, 0) is 17.8 Å². The highest BCUT2D eigenvalue weighted by molar-refractivity contribution is 5.83. The molecule has 0 fully saturated rings. The number of aromatic nitrogens is 2. The lowest BCUT2D eigenvalue weighted by molar-refractivity contribution is 0.0679. The van der Waals surface area contributed by atoms with Gasteiger partial charge in [-0.3, -0.25) is 0 Å². The fourth-order valence-corrected chi connectivity index (χ4v) is 1.23. The fraction of sp³-hybridized carbons (Fsp3) is 0.375. The van der Waals surface area contributed by atoms with Crippen molar-refractivity contribution in [3.05, 3.63) is 23.3 Å². The number of hydrogen-bond acceptors (Lipinski definition) is 4. The summed E-state index contributed by atoms with van der Waals surface area (Å²) in [5.41, 5.74) is 1.68. The van der Waals surface area contributed by atoms with E-state index in [1.807, 2.05) is 0 Å². The highest BCUT2D eigenvalue weighted by atomic mass is 16.5. The van der Waals surface area contributed by atoms with Gasteiger partial charge in [-0.1, -0.05) is 0 Å². The fourth-order valence-electron chi connectivity index (χ4n) is 1.23. The van der Waals surface area contributed by atoms with Crippen LogP contribution in [0.4, 0.5) is 0 Å². The average molecular weight is 180 g/mol. The number of fused-ring (bicyclic) bond motifs is 1. The van der Waals surface area contributed by atoms with E-state index in [-0.39, 0.29) is 5.82 Å². The lowest BCUT2D eigenvalue weighted by atomic mass is 10.1. The molecule has 0 amide bonds. The molecular formula is C8H8N2O3. The van der Waals surface area contributed by atoms with Crippen LogP contribution in [0.1, 0.15) is 21.9 Å². The van der Waals surface area contributed by atoms with E-state index in [1.165, 1.54) is 0 Å². The summed E-state index contributed by atoms with van der Waals surface area (Å²) < 4.78 is 5.15. The Hall–Kier alpha value is -1.49. The molecule has 1 aromatic heterocycles. The highest BCUT2D eigenvalue weighted by Gasteiger charge is 2.14. The van der Waals surface area contributed by atoms with E-state index in [2.05, 4.69) is 9.97 Å². The number of hydrogen-bond donors (Lipinski definition) is 1. The molecule has 13 heavy (non-hydrogen) atoms. The van der Waals surface area contributed by atoms with Crippen LogP contribution >= 0.6 is 0 Å². The summed E-state index contributed by atoms with van der Waals surface area (Å²) in [4.78, 5) is 18.1. The van der Waals surface area contributed by atoms with Crippen LogP contribution in [0.15, 0.2) is 6.20 Å². The van der Waals surface area contributed by atoms with Crippen molar-refractivity contribution in [2.75, 3.05) is 6.61 Å². The van der Waals surface area contributed by atoms with Crippen molar-refractivity contribution in [2.24, 2.45) is 0 Å². The smallest absolute Gasteiger partial charge is 0.373 e. The average Bonchev–Trinajstić information content (AvgIpc) is 2.17. The second-order valence-corrected chi connectivity index (χ2v) is 2.77. The first kappa shape index (κ1) is 8.12. The Morgan fingerprint density at radius 1 is 1.62 bits per heavy atom. The zero-order chi connectivity index (χ0) is 9.26. The molecule has 0 bridgehead atoms. The van der Waals surface area contributed by atoms with E-state index in [0.29, 0.717) is 18.9 Å². The van der Waals surface area contributed by atoms with Crippen LogP contribution in [0, 0.1) is 0 Å². The Morgan fingerprint density at radius 2 is 2.46 bits per heavy atom. The third-order valence-corrected chi connectivity index (χ3v) is 1.90. The molecule has 0 aromatic carbocycles. The SMILES string of the molecule is O=C(O)c1ncc2c(n1)COCC2. The normalized spacial score (nSPS) is 15.1. The number of ether oxygens (including phenoxy) is 1. The van der Waals surface area contributed by atoms with Gasteiger partial charge in [-0.2, -0.15) is 0 Å². The summed E-state index contributed by atoms with van der Waals surface area (Å²) in [5.74, 6) is -1.27. The van der Waals surface area contributed by atoms with Crippen LogP contribution in [0.5, 0.6) is 0 Å². The summed E-state index contributed by atoms with van der Waals surface area (Å²) in [7, 11) is 0. The van der Waals surface area contributed by atoms with Crippen LogP contribution in [0.3, 0.4) is 0 Å². The molecule has 1 aliphatic heterocycles. The molecule has 5 heteroatoms. The number of rotatable bonds is 1. The van der Waals surface area contributed by atoms with Gasteiger partial charge in [0.05, 0.1) is 18.9 Å². The minimum Gasteiger partial charge on any atom is -0.475 e. The Balaban J connectivity index is 2.40. The summed E-state index contributed by atoms with van der Waals surface area (Å²) >= 11 is 0. The molecular weight excluding hydrogens is 172 g/mol. The second kappa shape index (κ2) is 3.10. The van der Waals surface area contributed by atoms with Gasteiger partial charge in [-0.25, -0.2) is 14.8 Å². The molecule has 1 aromatic rings. The molecule has 0 atom stereocenters. The first-order valence-corrected chi connectivity index (χ1v) is 3.93. The first-order chi connectivity index (χ1) is 6.27. The van der Waals surface area contributed by atoms with Crippen LogP contribution in [0.2, 0.25) is 0 Å². The lowest BCUT2D eigenvalue weighted by Crippen LogP contribution is -2.15. The maximum Gasteiger partial charge on any atom is 0.373 e. The third kappa shape index (κ3) is 1.50. The summed E-state index contributed by atoms with van der Waals surface area (Å²) in [6.07, 6.45) is 2.32. The minimum absolute atomic E-state index is 0.163. The molecule has 0 spiro atoms. The van der Waals surface area contributed by atoms with E-state index in [1.54, 1.807) is 6.20 Å². The standard InChI is InChI=1S/C8H8N2O3/c11-8(12)7-9-3-5-1-2-13-4-6(5)10-7/h3H,1-2,4H2,(H,11,12). The molecule has 1 aliphatic rings. The zero-order valence-corrected chi connectivity index (χ0v) is 6.86. The van der Waals surface area contributed by atoms with Gasteiger partial charge in [0.2, 0.25) is 5.82 Å². The van der Waals surface area contributed by atoms with Crippen molar-refractivity contribution < 1.29 is 14.6 Å². The van der Waals surface area contributed by atoms with Crippen LogP contribution in [-0.4, -0.2) is 27.7 Å². The van der Waals surface area contributed by atoms with Crippen molar-refractivity contribution in [1.29, 1.82) is 0 Å². The highest BCUT2D eigenvalue weighted by Crippen LogP contribution is 2.12. The predicted molar refractivity (Wildman–Crippen MR) is 42.4 cm³/mol. The van der Waals surface area contributed by atoms with E-state index in [0.717, 1.165) is 12.0 Å². The van der Waals surface area contributed by atoms with E-state index in [4.69, 9.17) is 9.84 Å².